The van der Waals surface area contributed by atoms with Crippen LogP contribution in [0.3, 0.4) is 0 Å². The molecule has 3 aromatic rings. The van der Waals surface area contributed by atoms with Crippen LogP contribution in [0.4, 0.5) is 0 Å². The SMILES string of the molecule is O=C(C[C@@H]1CCNC[C@@H]1Cc1cc(COc2ccccc2)on1)NCc1ccco1. The highest BCUT2D eigenvalue weighted by molar-refractivity contribution is 5.76. The fourth-order valence-electron chi connectivity index (χ4n) is 3.85. The van der Waals surface area contributed by atoms with E-state index in [1.165, 1.54) is 0 Å². The molecule has 1 amide bonds. The standard InChI is InChI=1S/C23H27N3O4/c27-23(25-15-21-7-4-10-28-21)12-17-8-9-24-14-18(17)11-19-13-22(30-26-19)16-29-20-5-2-1-3-6-20/h1-7,10,13,17-18,24H,8-9,11-12,14-16H2,(H,25,27)/t17-,18-/m0/s1. The van der Waals surface area contributed by atoms with Crippen LogP contribution in [0.25, 0.3) is 0 Å². The van der Waals surface area contributed by atoms with E-state index >= 15 is 0 Å². The number of benzene rings is 1. The lowest BCUT2D eigenvalue weighted by atomic mass is 9.81. The van der Waals surface area contributed by atoms with Crippen LogP contribution in [0, 0.1) is 11.8 Å². The van der Waals surface area contributed by atoms with Gasteiger partial charge in [0.1, 0.15) is 18.1 Å². The van der Waals surface area contributed by atoms with E-state index in [9.17, 15) is 4.79 Å². The van der Waals surface area contributed by atoms with Gasteiger partial charge in [0.2, 0.25) is 5.91 Å². The summed E-state index contributed by atoms with van der Waals surface area (Å²) in [4.78, 5) is 12.4. The van der Waals surface area contributed by atoms with Gasteiger partial charge in [0.05, 0.1) is 18.5 Å². The molecule has 3 heterocycles. The van der Waals surface area contributed by atoms with Crippen LogP contribution in [-0.2, 0) is 24.4 Å². The van der Waals surface area contributed by atoms with Gasteiger partial charge in [-0.2, -0.15) is 0 Å². The normalized spacial score (nSPS) is 18.8. The van der Waals surface area contributed by atoms with Gasteiger partial charge in [0.25, 0.3) is 0 Å². The molecule has 0 bridgehead atoms. The number of carbonyl (C=O) groups excluding carboxylic acids is 1. The van der Waals surface area contributed by atoms with Crippen molar-refractivity contribution >= 4 is 5.91 Å². The lowest BCUT2D eigenvalue weighted by Gasteiger charge is -2.31. The molecular formula is C23H27N3O4. The van der Waals surface area contributed by atoms with Gasteiger partial charge in [-0.05, 0) is 62.0 Å². The largest absolute Gasteiger partial charge is 0.486 e. The van der Waals surface area contributed by atoms with E-state index < -0.39 is 0 Å². The van der Waals surface area contributed by atoms with Crippen molar-refractivity contribution in [3.05, 3.63) is 72.0 Å². The summed E-state index contributed by atoms with van der Waals surface area (Å²) in [5.74, 6) is 2.96. The molecule has 0 saturated carbocycles. The van der Waals surface area contributed by atoms with Crippen LogP contribution in [0.2, 0.25) is 0 Å². The summed E-state index contributed by atoms with van der Waals surface area (Å²) >= 11 is 0. The molecule has 158 valence electrons. The van der Waals surface area contributed by atoms with Crippen LogP contribution in [0.5, 0.6) is 5.75 Å². The number of amides is 1. The van der Waals surface area contributed by atoms with Crippen molar-refractivity contribution in [3.8, 4) is 5.75 Å². The second-order valence-electron chi connectivity index (χ2n) is 7.66. The maximum atomic E-state index is 12.4. The van der Waals surface area contributed by atoms with E-state index in [-0.39, 0.29) is 5.91 Å². The average Bonchev–Trinajstić information content (AvgIpc) is 3.45. The number of hydrogen-bond donors (Lipinski definition) is 2. The Balaban J connectivity index is 1.27. The molecule has 2 atom stereocenters. The summed E-state index contributed by atoms with van der Waals surface area (Å²) in [5, 5.41) is 10.6. The minimum absolute atomic E-state index is 0.0559. The molecule has 7 nitrogen and oxygen atoms in total. The van der Waals surface area contributed by atoms with Gasteiger partial charge in [-0.15, -0.1) is 0 Å². The maximum Gasteiger partial charge on any atom is 0.220 e. The Morgan fingerprint density at radius 1 is 1.17 bits per heavy atom. The number of ether oxygens (including phenoxy) is 1. The van der Waals surface area contributed by atoms with E-state index in [0.29, 0.717) is 37.2 Å². The monoisotopic (exact) mass is 409 g/mol. The molecule has 1 aromatic carbocycles. The molecule has 0 radical (unpaired) electrons. The number of piperidine rings is 1. The lowest BCUT2D eigenvalue weighted by Crippen LogP contribution is -2.40. The maximum absolute atomic E-state index is 12.4. The molecule has 0 spiro atoms. The number of para-hydroxylation sites is 1. The fraction of sp³-hybridized carbons (Fsp3) is 0.391. The van der Waals surface area contributed by atoms with Crippen LogP contribution in [0.15, 0.2) is 63.7 Å². The number of furan rings is 1. The Kier molecular flexibility index (Phi) is 6.82. The Hall–Kier alpha value is -3.06. The zero-order valence-corrected chi connectivity index (χ0v) is 16.9. The Labute approximate surface area is 175 Å². The second kappa shape index (κ2) is 10.1. The van der Waals surface area contributed by atoms with E-state index in [1.54, 1.807) is 6.26 Å². The molecule has 2 N–H and O–H groups in total. The Morgan fingerprint density at radius 3 is 2.90 bits per heavy atom. The third kappa shape index (κ3) is 5.73. The van der Waals surface area contributed by atoms with Gasteiger partial charge >= 0.3 is 0 Å². The van der Waals surface area contributed by atoms with E-state index in [4.69, 9.17) is 13.7 Å². The van der Waals surface area contributed by atoms with Crippen molar-refractivity contribution in [3.63, 3.8) is 0 Å². The van der Waals surface area contributed by atoms with Gasteiger partial charge in [-0.3, -0.25) is 4.79 Å². The Bertz CT molecular complexity index is 908. The molecule has 0 aliphatic carbocycles. The van der Waals surface area contributed by atoms with Crippen molar-refractivity contribution < 1.29 is 18.5 Å². The summed E-state index contributed by atoms with van der Waals surface area (Å²) in [6, 6.07) is 15.3. The second-order valence-corrected chi connectivity index (χ2v) is 7.66. The predicted octanol–water partition coefficient (Wildman–Crippen LogP) is 3.32. The molecule has 0 unspecified atom stereocenters. The summed E-state index contributed by atoms with van der Waals surface area (Å²) < 4.78 is 16.4. The first kappa shape index (κ1) is 20.2. The molecule has 1 fully saturated rings. The molecule has 2 aromatic heterocycles. The third-order valence-electron chi connectivity index (χ3n) is 5.46. The summed E-state index contributed by atoms with van der Waals surface area (Å²) in [6.45, 7) is 2.58. The smallest absolute Gasteiger partial charge is 0.220 e. The minimum atomic E-state index is 0.0559. The first-order valence-electron chi connectivity index (χ1n) is 10.4. The van der Waals surface area contributed by atoms with Gasteiger partial charge in [-0.25, -0.2) is 0 Å². The van der Waals surface area contributed by atoms with Crippen molar-refractivity contribution in [2.75, 3.05) is 13.1 Å². The van der Waals surface area contributed by atoms with Crippen molar-refractivity contribution in [2.24, 2.45) is 11.8 Å². The number of hydrogen-bond acceptors (Lipinski definition) is 6. The fourth-order valence-corrected chi connectivity index (χ4v) is 3.85. The van der Waals surface area contributed by atoms with Crippen molar-refractivity contribution in [1.29, 1.82) is 0 Å². The highest BCUT2D eigenvalue weighted by atomic mass is 16.5. The molecular weight excluding hydrogens is 382 g/mol. The summed E-state index contributed by atoms with van der Waals surface area (Å²) in [7, 11) is 0. The number of rotatable bonds is 9. The topological polar surface area (TPSA) is 89.5 Å². The van der Waals surface area contributed by atoms with Gasteiger partial charge in [0.15, 0.2) is 5.76 Å². The minimum Gasteiger partial charge on any atom is -0.486 e. The first-order valence-corrected chi connectivity index (χ1v) is 10.4. The molecule has 7 heteroatoms. The molecule has 1 aliphatic rings. The number of nitrogens with zero attached hydrogens (tertiary/aromatic N) is 1. The van der Waals surface area contributed by atoms with Crippen LogP contribution >= 0.6 is 0 Å². The molecule has 30 heavy (non-hydrogen) atoms. The average molecular weight is 409 g/mol. The lowest BCUT2D eigenvalue weighted by molar-refractivity contribution is -0.122. The molecule has 4 rings (SSSR count). The van der Waals surface area contributed by atoms with Gasteiger partial charge < -0.3 is 24.3 Å². The number of carbonyl (C=O) groups is 1. The number of nitrogens with one attached hydrogen (secondary N) is 2. The summed E-state index contributed by atoms with van der Waals surface area (Å²) in [6.07, 6.45) is 3.87. The van der Waals surface area contributed by atoms with Crippen LogP contribution in [-0.4, -0.2) is 24.2 Å². The van der Waals surface area contributed by atoms with E-state index in [1.807, 2.05) is 48.5 Å². The van der Waals surface area contributed by atoms with Crippen molar-refractivity contribution in [1.82, 2.24) is 15.8 Å². The highest BCUT2D eigenvalue weighted by Gasteiger charge is 2.28. The zero-order valence-electron chi connectivity index (χ0n) is 16.9. The Morgan fingerprint density at radius 2 is 2.07 bits per heavy atom. The highest BCUT2D eigenvalue weighted by Crippen LogP contribution is 2.26. The zero-order chi connectivity index (χ0) is 20.6. The molecule has 1 aliphatic heterocycles. The molecule has 1 saturated heterocycles. The van der Waals surface area contributed by atoms with Crippen LogP contribution in [0.1, 0.15) is 30.1 Å². The van der Waals surface area contributed by atoms with E-state index in [0.717, 1.165) is 43.1 Å². The first-order chi connectivity index (χ1) is 14.8. The third-order valence-corrected chi connectivity index (χ3v) is 5.46. The van der Waals surface area contributed by atoms with Crippen molar-refractivity contribution in [2.45, 2.75) is 32.4 Å². The van der Waals surface area contributed by atoms with Gasteiger partial charge in [-0.1, -0.05) is 23.4 Å². The van der Waals surface area contributed by atoms with E-state index in [2.05, 4.69) is 15.8 Å². The van der Waals surface area contributed by atoms with Crippen LogP contribution < -0.4 is 15.4 Å². The van der Waals surface area contributed by atoms with Gasteiger partial charge in [0, 0.05) is 12.5 Å². The quantitative estimate of drug-likeness (QED) is 0.564. The predicted molar refractivity (Wildman–Crippen MR) is 111 cm³/mol. The number of aromatic nitrogens is 1. The summed E-state index contributed by atoms with van der Waals surface area (Å²) in [5.41, 5.74) is 0.899.